The normalized spacial score (nSPS) is 17.8. The maximum absolute atomic E-state index is 11.9. The Morgan fingerprint density at radius 1 is 1.46 bits per heavy atom. The summed E-state index contributed by atoms with van der Waals surface area (Å²) < 4.78 is 5.26. The molecule has 5 nitrogen and oxygen atoms in total. The van der Waals surface area contributed by atoms with Gasteiger partial charge in [0, 0.05) is 12.7 Å². The molecule has 0 saturated heterocycles. The lowest BCUT2D eigenvalue weighted by Gasteiger charge is -2.31. The summed E-state index contributed by atoms with van der Waals surface area (Å²) in [5, 5.41) is 14.1. The fraction of sp³-hybridized carbons (Fsp3) is 0.474. The molecule has 1 aromatic rings. The number of allylic oxidation sites excluding steroid dienone is 2. The van der Waals surface area contributed by atoms with Crippen molar-refractivity contribution in [3.05, 3.63) is 54.4 Å². The van der Waals surface area contributed by atoms with Crippen LogP contribution >= 0.6 is 0 Å². The lowest BCUT2D eigenvalue weighted by Crippen LogP contribution is -2.40. The molecular formula is C19H26N2O3. The van der Waals surface area contributed by atoms with Crippen LogP contribution in [0.5, 0.6) is 0 Å². The second-order valence-corrected chi connectivity index (χ2v) is 7.04. The highest BCUT2D eigenvalue weighted by molar-refractivity contribution is 5.68. The molecule has 0 spiro atoms. The zero-order chi connectivity index (χ0) is 17.8. The van der Waals surface area contributed by atoms with Crippen LogP contribution in [-0.4, -0.2) is 28.3 Å². The fourth-order valence-electron chi connectivity index (χ4n) is 2.67. The first-order valence-corrected chi connectivity index (χ1v) is 8.20. The van der Waals surface area contributed by atoms with Crippen molar-refractivity contribution in [3.63, 3.8) is 0 Å². The molecule has 1 aromatic heterocycles. The monoisotopic (exact) mass is 330 g/mol. The van der Waals surface area contributed by atoms with E-state index in [2.05, 4.69) is 16.9 Å². The molecule has 0 unspecified atom stereocenters. The molecule has 1 fully saturated rings. The summed E-state index contributed by atoms with van der Waals surface area (Å²) in [4.78, 5) is 16.3. The van der Waals surface area contributed by atoms with Crippen LogP contribution in [-0.2, 0) is 10.3 Å². The van der Waals surface area contributed by atoms with Crippen LogP contribution < -0.4 is 5.32 Å². The molecule has 0 aliphatic heterocycles. The van der Waals surface area contributed by atoms with Gasteiger partial charge in [0.1, 0.15) is 11.2 Å². The topological polar surface area (TPSA) is 71.5 Å². The number of hydrogen-bond donors (Lipinski definition) is 2. The molecule has 1 saturated carbocycles. The number of carbonyl (C=O) groups is 1. The Balaban J connectivity index is 2.20. The number of amides is 1. The zero-order valence-electron chi connectivity index (χ0n) is 14.6. The van der Waals surface area contributed by atoms with Crippen molar-refractivity contribution in [1.29, 1.82) is 0 Å². The summed E-state index contributed by atoms with van der Waals surface area (Å²) >= 11 is 0. The molecule has 0 bridgehead atoms. The fourth-order valence-corrected chi connectivity index (χ4v) is 2.67. The number of alkyl carbamates (subject to hydrolysis) is 1. The minimum absolute atomic E-state index is 0.0963. The van der Waals surface area contributed by atoms with Gasteiger partial charge in [-0.1, -0.05) is 24.8 Å². The van der Waals surface area contributed by atoms with Crippen LogP contribution in [0.25, 0.3) is 0 Å². The molecule has 1 aliphatic carbocycles. The van der Waals surface area contributed by atoms with Crippen molar-refractivity contribution in [2.45, 2.75) is 44.8 Å². The van der Waals surface area contributed by atoms with E-state index in [1.165, 1.54) is 0 Å². The number of nitrogens with one attached hydrogen (secondary N) is 1. The Kier molecular flexibility index (Phi) is 5.44. The molecule has 130 valence electrons. The molecule has 5 heteroatoms. The molecule has 24 heavy (non-hydrogen) atoms. The van der Waals surface area contributed by atoms with Gasteiger partial charge in [-0.3, -0.25) is 4.98 Å². The largest absolute Gasteiger partial charge is 0.444 e. The van der Waals surface area contributed by atoms with Crippen molar-refractivity contribution in [3.8, 4) is 0 Å². The number of aromatic nitrogens is 1. The number of rotatable bonds is 6. The predicted molar refractivity (Wildman–Crippen MR) is 93.4 cm³/mol. The molecule has 1 amide bonds. The average molecular weight is 330 g/mol. The Morgan fingerprint density at radius 2 is 2.17 bits per heavy atom. The van der Waals surface area contributed by atoms with E-state index in [-0.39, 0.29) is 12.5 Å². The summed E-state index contributed by atoms with van der Waals surface area (Å²) in [5.74, 6) is 0.0963. The number of pyridine rings is 1. The second-order valence-electron chi connectivity index (χ2n) is 7.04. The van der Waals surface area contributed by atoms with E-state index in [9.17, 15) is 9.90 Å². The highest BCUT2D eigenvalue weighted by Crippen LogP contribution is 2.49. The van der Waals surface area contributed by atoms with Gasteiger partial charge in [0.25, 0.3) is 0 Å². The molecule has 2 rings (SSSR count). The first kappa shape index (κ1) is 18.2. The van der Waals surface area contributed by atoms with Gasteiger partial charge in [-0.2, -0.15) is 0 Å². The maximum atomic E-state index is 11.9. The number of nitrogens with zero attached hydrogens (tertiary/aromatic N) is 1. The van der Waals surface area contributed by atoms with Gasteiger partial charge in [0.15, 0.2) is 0 Å². The summed E-state index contributed by atoms with van der Waals surface area (Å²) in [6, 6.07) is 5.47. The Hall–Kier alpha value is -2.14. The molecule has 0 aromatic carbocycles. The standard InChI is InChI=1S/C19H26N2O3/c1-5-8-15(13-21-17(22)24-18(2,3)4)19(23,14-10-11-14)16-9-6-7-12-20-16/h5-9,12,14,23H,1,10-11,13H2,2-4H3,(H,21,22)/b15-8+/t19-/m0/s1. The van der Waals surface area contributed by atoms with Gasteiger partial charge < -0.3 is 15.2 Å². The van der Waals surface area contributed by atoms with Crippen molar-refractivity contribution in [2.75, 3.05) is 6.54 Å². The third-order valence-corrected chi connectivity index (χ3v) is 3.85. The predicted octanol–water partition coefficient (Wildman–Crippen LogP) is 3.32. The zero-order valence-corrected chi connectivity index (χ0v) is 14.6. The van der Waals surface area contributed by atoms with E-state index in [4.69, 9.17) is 4.74 Å². The van der Waals surface area contributed by atoms with E-state index >= 15 is 0 Å². The van der Waals surface area contributed by atoms with E-state index in [1.54, 1.807) is 18.3 Å². The van der Waals surface area contributed by atoms with E-state index in [1.807, 2.05) is 39.0 Å². The number of carbonyl (C=O) groups excluding carboxylic acids is 1. The SMILES string of the molecule is C=C/C=C(\CNC(=O)OC(C)(C)C)[C@](O)(c1ccccn1)C1CC1. The van der Waals surface area contributed by atoms with Crippen molar-refractivity contribution in [1.82, 2.24) is 10.3 Å². The van der Waals surface area contributed by atoms with Crippen LogP contribution in [0.1, 0.15) is 39.3 Å². The molecule has 0 radical (unpaired) electrons. The highest BCUT2D eigenvalue weighted by Gasteiger charge is 2.48. The Bertz CT molecular complexity index is 615. The van der Waals surface area contributed by atoms with Crippen LogP contribution in [0.3, 0.4) is 0 Å². The van der Waals surface area contributed by atoms with E-state index in [0.29, 0.717) is 11.3 Å². The van der Waals surface area contributed by atoms with E-state index < -0.39 is 17.3 Å². The van der Waals surface area contributed by atoms with Gasteiger partial charge in [-0.05, 0) is 57.2 Å². The molecular weight excluding hydrogens is 304 g/mol. The Morgan fingerprint density at radius 3 is 2.67 bits per heavy atom. The van der Waals surface area contributed by atoms with Crippen LogP contribution in [0.15, 0.2) is 48.7 Å². The lowest BCUT2D eigenvalue weighted by atomic mass is 9.84. The minimum atomic E-state index is -1.20. The minimum Gasteiger partial charge on any atom is -0.444 e. The summed E-state index contributed by atoms with van der Waals surface area (Å²) in [7, 11) is 0. The smallest absolute Gasteiger partial charge is 0.407 e. The number of aliphatic hydroxyl groups is 1. The van der Waals surface area contributed by atoms with Gasteiger partial charge in [-0.25, -0.2) is 4.79 Å². The third-order valence-electron chi connectivity index (χ3n) is 3.85. The van der Waals surface area contributed by atoms with Crippen LogP contribution in [0.2, 0.25) is 0 Å². The average Bonchev–Trinajstić information content (AvgIpc) is 3.35. The van der Waals surface area contributed by atoms with Crippen LogP contribution in [0, 0.1) is 5.92 Å². The van der Waals surface area contributed by atoms with Crippen molar-refractivity contribution in [2.24, 2.45) is 5.92 Å². The molecule has 1 aliphatic rings. The number of ether oxygens (including phenoxy) is 1. The van der Waals surface area contributed by atoms with Gasteiger partial charge in [0.05, 0.1) is 5.69 Å². The summed E-state index contributed by atoms with van der Waals surface area (Å²) in [6.45, 7) is 9.31. The highest BCUT2D eigenvalue weighted by atomic mass is 16.6. The van der Waals surface area contributed by atoms with Gasteiger partial charge in [0.2, 0.25) is 0 Å². The quantitative estimate of drug-likeness (QED) is 0.785. The van der Waals surface area contributed by atoms with Crippen LogP contribution in [0.4, 0.5) is 4.79 Å². The summed E-state index contributed by atoms with van der Waals surface area (Å²) in [5.41, 5.74) is -0.527. The third kappa shape index (κ3) is 4.45. The Labute approximate surface area is 143 Å². The maximum Gasteiger partial charge on any atom is 0.407 e. The molecule has 1 atom stereocenters. The van der Waals surface area contributed by atoms with Crippen molar-refractivity contribution < 1.29 is 14.6 Å². The molecule has 2 N–H and O–H groups in total. The van der Waals surface area contributed by atoms with Crippen molar-refractivity contribution >= 4 is 6.09 Å². The summed E-state index contributed by atoms with van der Waals surface area (Å²) in [6.07, 6.45) is 6.35. The lowest BCUT2D eigenvalue weighted by molar-refractivity contribution is 0.0403. The van der Waals surface area contributed by atoms with Gasteiger partial charge in [-0.15, -0.1) is 0 Å². The second kappa shape index (κ2) is 7.18. The first-order valence-electron chi connectivity index (χ1n) is 8.20. The first-order chi connectivity index (χ1) is 11.3. The number of hydrogen-bond acceptors (Lipinski definition) is 4. The van der Waals surface area contributed by atoms with E-state index in [0.717, 1.165) is 12.8 Å². The van der Waals surface area contributed by atoms with Gasteiger partial charge >= 0.3 is 6.09 Å². The molecule has 1 heterocycles.